The molecule has 1 aliphatic heterocycles. The van der Waals surface area contributed by atoms with E-state index in [1.54, 1.807) is 6.92 Å². The minimum absolute atomic E-state index is 0.0104. The summed E-state index contributed by atoms with van der Waals surface area (Å²) in [6.45, 7) is 1.09. The molecule has 1 saturated heterocycles. The van der Waals surface area contributed by atoms with Gasteiger partial charge in [0.2, 0.25) is 0 Å². The van der Waals surface area contributed by atoms with Crippen LogP contribution in [0, 0.1) is 4.77 Å². The molecular formula is C11H17N3O6S. The minimum Gasteiger partial charge on any atom is -0.394 e. The van der Waals surface area contributed by atoms with E-state index in [1.165, 1.54) is 10.8 Å². The Morgan fingerprint density at radius 3 is 2.71 bits per heavy atom. The molecule has 1 aromatic heterocycles. The normalized spacial score (nSPS) is 30.5. The molecular weight excluding hydrogens is 302 g/mol. The van der Waals surface area contributed by atoms with Crippen LogP contribution >= 0.6 is 12.2 Å². The Bertz CT molecular complexity index is 617. The molecule has 0 bridgehead atoms. The predicted octanol–water partition coefficient (Wildman–Crippen LogP) is -1.44. The van der Waals surface area contributed by atoms with E-state index in [0.717, 1.165) is 0 Å². The molecule has 3 unspecified atom stereocenters. The van der Waals surface area contributed by atoms with Gasteiger partial charge in [0.15, 0.2) is 11.0 Å². The average molecular weight is 319 g/mol. The molecule has 0 amide bonds. The third kappa shape index (κ3) is 2.92. The fraction of sp³-hybridized carbons (Fsp3) is 0.636. The largest absolute Gasteiger partial charge is 0.394 e. The summed E-state index contributed by atoms with van der Waals surface area (Å²) < 4.78 is 6.61. The lowest BCUT2D eigenvalue weighted by atomic mass is 10.1. The Hall–Kier alpha value is -1.14. The van der Waals surface area contributed by atoms with Crippen LogP contribution in [0.15, 0.2) is 11.0 Å². The Labute approximate surface area is 124 Å². The van der Waals surface area contributed by atoms with Crippen LogP contribution in [0.5, 0.6) is 0 Å². The number of ether oxygens (including phenoxy) is 1. The summed E-state index contributed by atoms with van der Waals surface area (Å²) in [7, 11) is 0. The maximum atomic E-state index is 11.8. The SMILES string of the molecule is CC(NO)c1cn([C@H]2O[C@@H](CO)C(O)C2O)c(=S)[nH]c1=O. The zero-order valence-corrected chi connectivity index (χ0v) is 11.9. The van der Waals surface area contributed by atoms with Gasteiger partial charge in [-0.2, -0.15) is 5.48 Å². The molecule has 0 spiro atoms. The third-order valence-electron chi connectivity index (χ3n) is 3.45. The number of aliphatic hydroxyl groups is 3. The molecule has 9 nitrogen and oxygen atoms in total. The Morgan fingerprint density at radius 2 is 2.19 bits per heavy atom. The van der Waals surface area contributed by atoms with Gasteiger partial charge in [-0.05, 0) is 19.1 Å². The quantitative estimate of drug-likeness (QED) is 0.293. The Morgan fingerprint density at radius 1 is 1.52 bits per heavy atom. The van der Waals surface area contributed by atoms with Crippen LogP contribution in [0.3, 0.4) is 0 Å². The van der Waals surface area contributed by atoms with E-state index >= 15 is 0 Å². The molecule has 118 valence electrons. The summed E-state index contributed by atoms with van der Waals surface area (Å²) in [4.78, 5) is 14.2. The zero-order valence-electron chi connectivity index (χ0n) is 11.1. The molecule has 0 aliphatic carbocycles. The Kier molecular flexibility index (Phi) is 4.88. The van der Waals surface area contributed by atoms with Crippen molar-refractivity contribution in [2.75, 3.05) is 6.61 Å². The van der Waals surface area contributed by atoms with Gasteiger partial charge in [0.1, 0.15) is 18.3 Å². The fourth-order valence-electron chi connectivity index (χ4n) is 2.18. The summed E-state index contributed by atoms with van der Waals surface area (Å²) in [6.07, 6.45) is -3.26. The lowest BCUT2D eigenvalue weighted by Gasteiger charge is -2.20. The molecule has 5 atom stereocenters. The standard InChI is InChI=1S/C11H17N3O6S/c1-4(13-19)5-2-14(11(21)12-9(5)18)10-8(17)7(16)6(3-15)20-10/h2,4,6-8,10,13,15-17,19H,3H2,1H3,(H,12,18,21)/t4?,6-,7?,8?,10-/m0/s1. The maximum absolute atomic E-state index is 11.8. The maximum Gasteiger partial charge on any atom is 0.256 e. The smallest absolute Gasteiger partial charge is 0.256 e. The van der Waals surface area contributed by atoms with Gasteiger partial charge in [0, 0.05) is 6.20 Å². The van der Waals surface area contributed by atoms with Crippen LogP contribution in [0.25, 0.3) is 0 Å². The van der Waals surface area contributed by atoms with Gasteiger partial charge in [0.05, 0.1) is 18.2 Å². The van der Waals surface area contributed by atoms with Gasteiger partial charge in [-0.15, -0.1) is 0 Å². The monoisotopic (exact) mass is 319 g/mol. The summed E-state index contributed by atoms with van der Waals surface area (Å²) in [6, 6.07) is -0.673. The fourth-order valence-corrected chi connectivity index (χ4v) is 2.43. The van der Waals surface area contributed by atoms with E-state index in [2.05, 4.69) is 4.98 Å². The molecule has 10 heteroatoms. The number of aliphatic hydroxyl groups excluding tert-OH is 3. The highest BCUT2D eigenvalue weighted by Gasteiger charge is 2.43. The van der Waals surface area contributed by atoms with Crippen molar-refractivity contribution in [2.24, 2.45) is 0 Å². The minimum atomic E-state index is -1.31. The number of nitrogens with one attached hydrogen (secondary N) is 2. The first kappa shape index (κ1) is 16.2. The number of hydrogen-bond acceptors (Lipinski definition) is 8. The van der Waals surface area contributed by atoms with Crippen molar-refractivity contribution in [1.82, 2.24) is 15.0 Å². The summed E-state index contributed by atoms with van der Waals surface area (Å²) >= 11 is 5.01. The predicted molar refractivity (Wildman–Crippen MR) is 72.2 cm³/mol. The van der Waals surface area contributed by atoms with Crippen LogP contribution < -0.4 is 11.0 Å². The van der Waals surface area contributed by atoms with Crippen LogP contribution in [0.2, 0.25) is 0 Å². The van der Waals surface area contributed by atoms with Gasteiger partial charge < -0.3 is 25.3 Å². The van der Waals surface area contributed by atoms with Crippen LogP contribution in [0.1, 0.15) is 24.8 Å². The molecule has 0 radical (unpaired) electrons. The van der Waals surface area contributed by atoms with Crippen LogP contribution in [-0.2, 0) is 4.74 Å². The van der Waals surface area contributed by atoms with Gasteiger partial charge in [-0.25, -0.2) is 0 Å². The van der Waals surface area contributed by atoms with Crippen LogP contribution in [0.4, 0.5) is 0 Å². The van der Waals surface area contributed by atoms with Gasteiger partial charge in [0.25, 0.3) is 5.56 Å². The second kappa shape index (κ2) is 6.32. The molecule has 21 heavy (non-hydrogen) atoms. The molecule has 1 aliphatic rings. The van der Waals surface area contributed by atoms with Gasteiger partial charge in [-0.1, -0.05) is 0 Å². The molecule has 0 aromatic carbocycles. The third-order valence-corrected chi connectivity index (χ3v) is 3.76. The van der Waals surface area contributed by atoms with Crippen molar-refractivity contribution in [3.8, 4) is 0 Å². The zero-order chi connectivity index (χ0) is 15.7. The first-order chi connectivity index (χ1) is 9.90. The van der Waals surface area contributed by atoms with E-state index in [-0.39, 0.29) is 10.3 Å². The second-order valence-corrected chi connectivity index (χ2v) is 5.22. The van der Waals surface area contributed by atoms with Crippen molar-refractivity contribution in [1.29, 1.82) is 0 Å². The van der Waals surface area contributed by atoms with Gasteiger partial charge in [-0.3, -0.25) is 14.3 Å². The number of H-pyrrole nitrogens is 1. The van der Waals surface area contributed by atoms with Crippen molar-refractivity contribution in [2.45, 2.75) is 37.5 Å². The molecule has 1 aromatic rings. The highest BCUT2D eigenvalue weighted by atomic mass is 32.1. The first-order valence-corrected chi connectivity index (χ1v) is 6.69. The molecule has 0 saturated carbocycles. The first-order valence-electron chi connectivity index (χ1n) is 6.28. The average Bonchev–Trinajstić information content (AvgIpc) is 2.74. The lowest BCUT2D eigenvalue weighted by Crippen LogP contribution is -2.34. The number of hydroxylamine groups is 1. The number of aromatic nitrogens is 2. The summed E-state index contributed by atoms with van der Waals surface area (Å²) in [5.41, 5.74) is 1.62. The number of hydrogen-bond donors (Lipinski definition) is 6. The number of rotatable bonds is 4. The number of nitrogens with zero attached hydrogens (tertiary/aromatic N) is 1. The molecule has 2 heterocycles. The summed E-state index contributed by atoms with van der Waals surface area (Å²) in [5.74, 6) is 0. The van der Waals surface area contributed by atoms with E-state index in [0.29, 0.717) is 0 Å². The highest BCUT2D eigenvalue weighted by molar-refractivity contribution is 7.71. The van der Waals surface area contributed by atoms with E-state index in [1.807, 2.05) is 5.48 Å². The lowest BCUT2D eigenvalue weighted by molar-refractivity contribution is -0.0543. The highest BCUT2D eigenvalue weighted by Crippen LogP contribution is 2.29. The van der Waals surface area contributed by atoms with Crippen molar-refractivity contribution in [3.05, 3.63) is 26.9 Å². The molecule has 2 rings (SSSR count). The van der Waals surface area contributed by atoms with E-state index < -0.39 is 42.7 Å². The van der Waals surface area contributed by atoms with Crippen molar-refractivity contribution >= 4 is 12.2 Å². The van der Waals surface area contributed by atoms with Crippen LogP contribution in [-0.4, -0.2) is 55.0 Å². The van der Waals surface area contributed by atoms with Gasteiger partial charge >= 0.3 is 0 Å². The topological polar surface area (TPSA) is 140 Å². The van der Waals surface area contributed by atoms with E-state index in [4.69, 9.17) is 27.3 Å². The van der Waals surface area contributed by atoms with Crippen molar-refractivity contribution in [3.63, 3.8) is 0 Å². The molecule has 1 fully saturated rings. The number of aromatic amines is 1. The Balaban J connectivity index is 2.45. The summed E-state index contributed by atoms with van der Waals surface area (Å²) in [5, 5.41) is 37.7. The van der Waals surface area contributed by atoms with Crippen molar-refractivity contribution < 1.29 is 25.3 Å². The molecule has 6 N–H and O–H groups in total. The second-order valence-electron chi connectivity index (χ2n) is 4.83. The van der Waals surface area contributed by atoms with E-state index in [9.17, 15) is 15.0 Å².